The van der Waals surface area contributed by atoms with Gasteiger partial charge in [-0.15, -0.1) is 0 Å². The summed E-state index contributed by atoms with van der Waals surface area (Å²) >= 11 is 0. The molecule has 2 N–H and O–H groups in total. The molecule has 0 bridgehead atoms. The second-order valence-electron chi connectivity index (χ2n) is 13.2. The Hall–Kier alpha value is -1.87. The molecular formula is C43H79N3. The van der Waals surface area contributed by atoms with Gasteiger partial charge in [-0.1, -0.05) is 152 Å². The van der Waals surface area contributed by atoms with E-state index in [2.05, 4.69) is 84.8 Å². The molecule has 3 heteroatoms. The van der Waals surface area contributed by atoms with Gasteiger partial charge in [0.2, 0.25) is 0 Å². The molecule has 0 aromatic carbocycles. The maximum absolute atomic E-state index is 4.16. The van der Waals surface area contributed by atoms with E-state index in [-0.39, 0.29) is 0 Å². The number of hydrogen-bond donors (Lipinski definition) is 2. The molecule has 0 aromatic heterocycles. The van der Waals surface area contributed by atoms with E-state index in [4.69, 9.17) is 0 Å². The molecule has 0 aliphatic rings. The first-order valence-electron chi connectivity index (χ1n) is 19.9. The fourth-order valence-corrected chi connectivity index (χ4v) is 5.87. The minimum absolute atomic E-state index is 0.636. The van der Waals surface area contributed by atoms with Crippen LogP contribution in [0.5, 0.6) is 0 Å². The van der Waals surface area contributed by atoms with Crippen molar-refractivity contribution in [1.29, 1.82) is 0 Å². The van der Waals surface area contributed by atoms with Gasteiger partial charge in [-0.2, -0.15) is 0 Å². The van der Waals surface area contributed by atoms with Crippen molar-refractivity contribution in [2.75, 3.05) is 13.6 Å². The molecular weight excluding hydrogens is 558 g/mol. The summed E-state index contributed by atoms with van der Waals surface area (Å²) in [5.74, 6) is 0. The standard InChI is InChI=1S/C43H79N3/c1-5-7-9-11-13-15-17-19-21-23-25-27-29-31-33-35-37-42(46-40-39-43(45-4)41-44-3)38-36-34-32-30-28-26-24-22-20-18-16-14-12-10-8-6-2/h13-16,19-22,41-42,44,46H,4-12,17-18,23-40H2,1-3H3/b15-13-,16-14-,21-19-,22-20-,43-41-. The lowest BCUT2D eigenvalue weighted by Gasteiger charge is -2.19. The Kier molecular flexibility index (Phi) is 37.7. The summed E-state index contributed by atoms with van der Waals surface area (Å²) in [6.07, 6.45) is 56.0. The maximum Gasteiger partial charge on any atom is 0.0565 e. The van der Waals surface area contributed by atoms with Crippen LogP contribution in [-0.2, 0) is 0 Å². The Balaban J connectivity index is 4.02. The van der Waals surface area contributed by atoms with E-state index < -0.39 is 0 Å². The van der Waals surface area contributed by atoms with Crippen LogP contribution in [0, 0.1) is 0 Å². The molecule has 0 aliphatic carbocycles. The Morgan fingerprint density at radius 3 is 1.33 bits per heavy atom. The summed E-state index contributed by atoms with van der Waals surface area (Å²) < 4.78 is 0. The Labute approximate surface area is 289 Å². The fraction of sp³-hybridized carbons (Fsp3) is 0.744. The first-order valence-corrected chi connectivity index (χ1v) is 19.9. The molecule has 0 aliphatic heterocycles. The number of nitrogens with one attached hydrogen (secondary N) is 2. The molecule has 0 heterocycles. The van der Waals surface area contributed by atoms with Crippen LogP contribution in [0.25, 0.3) is 0 Å². The molecule has 0 amide bonds. The zero-order chi connectivity index (χ0) is 33.4. The van der Waals surface area contributed by atoms with Crippen LogP contribution in [0.4, 0.5) is 0 Å². The zero-order valence-corrected chi connectivity index (χ0v) is 31.2. The highest BCUT2D eigenvalue weighted by atomic mass is 14.9. The van der Waals surface area contributed by atoms with E-state index in [0.29, 0.717) is 6.04 Å². The van der Waals surface area contributed by atoms with Crippen molar-refractivity contribution >= 4 is 6.72 Å². The number of aliphatic imine (C=N–C) groups is 1. The minimum atomic E-state index is 0.636. The molecule has 0 radical (unpaired) electrons. The fourth-order valence-electron chi connectivity index (χ4n) is 5.87. The summed E-state index contributed by atoms with van der Waals surface area (Å²) in [7, 11) is 1.93. The second kappa shape index (κ2) is 39.3. The van der Waals surface area contributed by atoms with Crippen molar-refractivity contribution in [2.24, 2.45) is 4.99 Å². The number of hydrogen-bond acceptors (Lipinski definition) is 3. The SMILES string of the molecule is C=N/C(=C\NC)CCNC(CCCCCCCC/C=C\C/C=C\CCCCC)CCCCCCCC/C=C\C/C=C\CCCCC. The highest BCUT2D eigenvalue weighted by Gasteiger charge is 2.08. The molecule has 0 atom stereocenters. The van der Waals surface area contributed by atoms with Gasteiger partial charge in [-0.3, -0.25) is 4.99 Å². The Bertz CT molecular complexity index is 712. The lowest BCUT2D eigenvalue weighted by molar-refractivity contribution is 0.413. The van der Waals surface area contributed by atoms with Gasteiger partial charge >= 0.3 is 0 Å². The van der Waals surface area contributed by atoms with Crippen molar-refractivity contribution in [2.45, 2.75) is 193 Å². The second-order valence-corrected chi connectivity index (χ2v) is 13.2. The van der Waals surface area contributed by atoms with E-state index in [1.807, 2.05) is 13.2 Å². The van der Waals surface area contributed by atoms with Gasteiger partial charge in [0.25, 0.3) is 0 Å². The third-order valence-corrected chi connectivity index (χ3v) is 8.83. The van der Waals surface area contributed by atoms with E-state index >= 15 is 0 Å². The number of allylic oxidation sites excluding steroid dienone is 8. The number of unbranched alkanes of at least 4 members (excludes halogenated alkanes) is 18. The zero-order valence-electron chi connectivity index (χ0n) is 31.2. The summed E-state index contributed by atoms with van der Waals surface area (Å²) in [4.78, 5) is 4.16. The van der Waals surface area contributed by atoms with Gasteiger partial charge in [0, 0.05) is 32.3 Å². The highest BCUT2D eigenvalue weighted by molar-refractivity contribution is 5.28. The molecule has 0 rings (SSSR count). The van der Waals surface area contributed by atoms with Crippen molar-refractivity contribution in [3.05, 3.63) is 60.5 Å². The van der Waals surface area contributed by atoms with E-state index in [0.717, 1.165) is 31.5 Å². The smallest absolute Gasteiger partial charge is 0.0565 e. The van der Waals surface area contributed by atoms with Crippen molar-refractivity contribution in [3.8, 4) is 0 Å². The lowest BCUT2D eigenvalue weighted by Crippen LogP contribution is -2.30. The van der Waals surface area contributed by atoms with Gasteiger partial charge in [-0.25, -0.2) is 0 Å². The molecule has 0 spiro atoms. The first-order chi connectivity index (χ1) is 22.8. The summed E-state index contributed by atoms with van der Waals surface area (Å²) in [6.45, 7) is 9.25. The van der Waals surface area contributed by atoms with Crippen LogP contribution in [0.15, 0.2) is 65.5 Å². The predicted molar refractivity (Wildman–Crippen MR) is 211 cm³/mol. The van der Waals surface area contributed by atoms with Crippen molar-refractivity contribution in [1.82, 2.24) is 10.6 Å². The summed E-state index contributed by atoms with van der Waals surface area (Å²) in [5, 5.41) is 6.96. The largest absolute Gasteiger partial charge is 0.393 e. The molecule has 0 saturated heterocycles. The lowest BCUT2D eigenvalue weighted by atomic mass is 9.99. The van der Waals surface area contributed by atoms with E-state index in [1.165, 1.54) is 154 Å². The topological polar surface area (TPSA) is 36.4 Å². The average Bonchev–Trinajstić information content (AvgIpc) is 3.07. The van der Waals surface area contributed by atoms with Crippen LogP contribution < -0.4 is 10.6 Å². The first kappa shape index (κ1) is 44.1. The quantitative estimate of drug-likeness (QED) is 0.0407. The summed E-state index contributed by atoms with van der Waals surface area (Å²) in [6, 6.07) is 0.636. The van der Waals surface area contributed by atoms with Crippen LogP contribution in [-0.4, -0.2) is 26.4 Å². The van der Waals surface area contributed by atoms with Gasteiger partial charge in [0.1, 0.15) is 0 Å². The molecule has 3 nitrogen and oxygen atoms in total. The predicted octanol–water partition coefficient (Wildman–Crippen LogP) is 13.5. The summed E-state index contributed by atoms with van der Waals surface area (Å²) in [5.41, 5.74) is 1.04. The Morgan fingerprint density at radius 2 is 0.935 bits per heavy atom. The maximum atomic E-state index is 4.16. The van der Waals surface area contributed by atoms with Crippen molar-refractivity contribution < 1.29 is 0 Å². The molecule has 266 valence electrons. The van der Waals surface area contributed by atoms with E-state index in [1.54, 1.807) is 0 Å². The molecule has 0 fully saturated rings. The Morgan fingerprint density at radius 1 is 0.543 bits per heavy atom. The molecule has 0 unspecified atom stereocenters. The van der Waals surface area contributed by atoms with E-state index in [9.17, 15) is 0 Å². The van der Waals surface area contributed by atoms with Crippen LogP contribution in [0.1, 0.15) is 187 Å². The average molecular weight is 638 g/mol. The molecule has 0 aromatic rings. The number of nitrogens with zero attached hydrogens (tertiary/aromatic N) is 1. The number of rotatable bonds is 36. The van der Waals surface area contributed by atoms with Crippen molar-refractivity contribution in [3.63, 3.8) is 0 Å². The highest BCUT2D eigenvalue weighted by Crippen LogP contribution is 2.16. The van der Waals surface area contributed by atoms with Crippen LogP contribution in [0.3, 0.4) is 0 Å². The third kappa shape index (κ3) is 35.0. The van der Waals surface area contributed by atoms with Gasteiger partial charge in [0.15, 0.2) is 0 Å². The monoisotopic (exact) mass is 638 g/mol. The van der Waals surface area contributed by atoms with Crippen LogP contribution >= 0.6 is 0 Å². The van der Waals surface area contributed by atoms with Gasteiger partial charge < -0.3 is 10.6 Å². The third-order valence-electron chi connectivity index (χ3n) is 8.83. The van der Waals surface area contributed by atoms with Gasteiger partial charge in [0.05, 0.1) is 5.70 Å². The normalized spacial score (nSPS) is 12.7. The van der Waals surface area contributed by atoms with Crippen LogP contribution in [0.2, 0.25) is 0 Å². The molecule has 0 saturated carbocycles. The molecule has 46 heavy (non-hydrogen) atoms. The minimum Gasteiger partial charge on any atom is -0.393 e. The van der Waals surface area contributed by atoms with Gasteiger partial charge in [-0.05, 0) is 83.8 Å².